The van der Waals surface area contributed by atoms with Crippen LogP contribution in [0.1, 0.15) is 60.9 Å². The zero-order valence-electron chi connectivity index (χ0n) is 14.8. The minimum atomic E-state index is -0.567. The second-order valence-electron chi connectivity index (χ2n) is 5.58. The monoisotopic (exact) mass is 347 g/mol. The lowest BCUT2D eigenvalue weighted by molar-refractivity contribution is 0.0524. The van der Waals surface area contributed by atoms with Gasteiger partial charge in [-0.15, -0.1) is 0 Å². The van der Waals surface area contributed by atoms with Gasteiger partial charge in [0.15, 0.2) is 0 Å². The second-order valence-corrected chi connectivity index (χ2v) is 5.58. The molecular formula is C17H21N3O5. The van der Waals surface area contributed by atoms with Gasteiger partial charge in [-0.1, -0.05) is 0 Å². The van der Waals surface area contributed by atoms with Crippen LogP contribution in [-0.2, 0) is 4.74 Å². The quantitative estimate of drug-likeness (QED) is 0.579. The minimum absolute atomic E-state index is 0.181. The number of ether oxygens (including phenoxy) is 1. The molecule has 0 fully saturated rings. The molecule has 0 aromatic carbocycles. The van der Waals surface area contributed by atoms with Crippen molar-refractivity contribution in [2.45, 2.75) is 34.6 Å². The molecule has 0 aliphatic carbocycles. The maximum absolute atomic E-state index is 12.3. The van der Waals surface area contributed by atoms with Gasteiger partial charge in [-0.2, -0.15) is 0 Å². The number of rotatable bonds is 4. The van der Waals surface area contributed by atoms with Crippen molar-refractivity contribution < 1.29 is 23.5 Å². The first kappa shape index (κ1) is 18.3. The number of carbonyl (C=O) groups excluding carboxylic acids is 3. The lowest BCUT2D eigenvalue weighted by Gasteiger charge is -2.07. The molecule has 0 spiro atoms. The lowest BCUT2D eigenvalue weighted by Crippen LogP contribution is -2.42. The number of nitrogens with one attached hydrogen (secondary N) is 3. The number of aromatic nitrogens is 1. The van der Waals surface area contributed by atoms with Gasteiger partial charge in [0.1, 0.15) is 17.2 Å². The molecule has 0 unspecified atom stereocenters. The molecule has 0 aliphatic rings. The topological polar surface area (TPSA) is 113 Å². The van der Waals surface area contributed by atoms with E-state index >= 15 is 0 Å². The Labute approximate surface area is 144 Å². The predicted octanol–water partition coefficient (Wildman–Crippen LogP) is 2.09. The molecule has 25 heavy (non-hydrogen) atoms. The molecule has 3 N–H and O–H groups in total. The van der Waals surface area contributed by atoms with Crippen molar-refractivity contribution in [1.82, 2.24) is 15.8 Å². The molecule has 134 valence electrons. The number of esters is 1. The summed E-state index contributed by atoms with van der Waals surface area (Å²) in [6, 6.07) is 1.58. The summed E-state index contributed by atoms with van der Waals surface area (Å²) in [6.45, 7) is 8.64. The summed E-state index contributed by atoms with van der Waals surface area (Å²) >= 11 is 0. The Hall–Kier alpha value is -3.03. The first-order chi connectivity index (χ1) is 11.8. The van der Waals surface area contributed by atoms with E-state index in [0.717, 1.165) is 0 Å². The van der Waals surface area contributed by atoms with Gasteiger partial charge in [0, 0.05) is 5.69 Å². The summed E-state index contributed by atoms with van der Waals surface area (Å²) in [7, 11) is 0. The van der Waals surface area contributed by atoms with Gasteiger partial charge in [-0.3, -0.25) is 20.4 Å². The van der Waals surface area contributed by atoms with E-state index in [0.29, 0.717) is 33.9 Å². The maximum atomic E-state index is 12.3. The van der Waals surface area contributed by atoms with Crippen LogP contribution >= 0.6 is 0 Å². The van der Waals surface area contributed by atoms with Crippen LogP contribution in [0.2, 0.25) is 0 Å². The average molecular weight is 347 g/mol. The molecule has 0 saturated heterocycles. The van der Waals surface area contributed by atoms with E-state index in [2.05, 4.69) is 15.8 Å². The zero-order chi connectivity index (χ0) is 18.7. The summed E-state index contributed by atoms with van der Waals surface area (Å²) in [6.07, 6.45) is 0. The van der Waals surface area contributed by atoms with Crippen molar-refractivity contribution in [2.75, 3.05) is 6.61 Å². The number of hydrogen-bond donors (Lipinski definition) is 3. The number of aryl methyl sites for hydroxylation is 3. The van der Waals surface area contributed by atoms with Crippen molar-refractivity contribution in [3.05, 3.63) is 45.7 Å². The summed E-state index contributed by atoms with van der Waals surface area (Å²) in [4.78, 5) is 39.2. The normalized spacial score (nSPS) is 10.4. The fourth-order valence-corrected chi connectivity index (χ4v) is 2.59. The molecule has 2 heterocycles. The molecule has 2 aromatic rings. The van der Waals surface area contributed by atoms with Crippen molar-refractivity contribution in [1.29, 1.82) is 0 Å². The highest BCUT2D eigenvalue weighted by molar-refractivity contribution is 6.02. The molecule has 2 aromatic heterocycles. The lowest BCUT2D eigenvalue weighted by atomic mass is 10.1. The first-order valence-corrected chi connectivity index (χ1v) is 7.80. The summed E-state index contributed by atoms with van der Waals surface area (Å²) in [5.41, 5.74) is 6.47. The van der Waals surface area contributed by atoms with Gasteiger partial charge >= 0.3 is 5.97 Å². The number of hydrazine groups is 1. The van der Waals surface area contributed by atoms with E-state index in [1.807, 2.05) is 0 Å². The van der Waals surface area contributed by atoms with E-state index in [9.17, 15) is 14.4 Å². The number of carbonyl (C=O) groups is 3. The molecule has 0 atom stereocenters. The molecule has 0 aliphatic heterocycles. The maximum Gasteiger partial charge on any atom is 0.340 e. The highest BCUT2D eigenvalue weighted by atomic mass is 16.5. The summed E-state index contributed by atoms with van der Waals surface area (Å²) in [5.74, 6) is -0.498. The Morgan fingerprint density at radius 2 is 1.76 bits per heavy atom. The summed E-state index contributed by atoms with van der Waals surface area (Å²) < 4.78 is 10.3. The highest BCUT2D eigenvalue weighted by Gasteiger charge is 2.23. The largest absolute Gasteiger partial charge is 0.466 e. The average Bonchev–Trinajstić information content (AvgIpc) is 3.03. The van der Waals surface area contributed by atoms with E-state index in [1.165, 1.54) is 0 Å². The van der Waals surface area contributed by atoms with Gasteiger partial charge in [0.05, 0.1) is 17.7 Å². The third-order valence-electron chi connectivity index (χ3n) is 3.72. The third kappa shape index (κ3) is 3.73. The van der Waals surface area contributed by atoms with Crippen molar-refractivity contribution >= 4 is 17.8 Å². The molecule has 8 nitrogen and oxygen atoms in total. The fraction of sp³-hybridized carbons (Fsp3) is 0.353. The van der Waals surface area contributed by atoms with Gasteiger partial charge in [-0.25, -0.2) is 4.79 Å². The van der Waals surface area contributed by atoms with Crippen LogP contribution in [0.25, 0.3) is 0 Å². The molecular weight excluding hydrogens is 326 g/mol. The second kappa shape index (κ2) is 7.25. The van der Waals surface area contributed by atoms with E-state index in [1.54, 1.807) is 40.7 Å². The number of amides is 2. The standard InChI is InChI=1S/C17H21N3O5/c1-6-24-17(23)13-9(3)14(18-10(13)4)16(22)20-19-15(21)12-7-8(2)25-11(12)5/h7,18H,6H2,1-5H3,(H,19,21)(H,20,22). The van der Waals surface area contributed by atoms with Crippen molar-refractivity contribution in [2.24, 2.45) is 0 Å². The van der Waals surface area contributed by atoms with Crippen LogP contribution in [0.4, 0.5) is 0 Å². The number of furan rings is 1. The fourth-order valence-electron chi connectivity index (χ4n) is 2.59. The Morgan fingerprint density at radius 3 is 2.32 bits per heavy atom. The Kier molecular flexibility index (Phi) is 5.31. The Bertz CT molecular complexity index is 832. The van der Waals surface area contributed by atoms with Crippen LogP contribution in [0, 0.1) is 27.7 Å². The predicted molar refractivity (Wildman–Crippen MR) is 89.3 cm³/mol. The minimum Gasteiger partial charge on any atom is -0.466 e. The molecule has 0 radical (unpaired) electrons. The number of hydrogen-bond acceptors (Lipinski definition) is 5. The molecule has 2 rings (SSSR count). The van der Waals surface area contributed by atoms with Gasteiger partial charge in [0.25, 0.3) is 11.8 Å². The third-order valence-corrected chi connectivity index (χ3v) is 3.72. The SMILES string of the molecule is CCOC(=O)c1c(C)[nH]c(C(=O)NNC(=O)c2cc(C)oc2C)c1C. The molecule has 0 saturated carbocycles. The van der Waals surface area contributed by atoms with E-state index in [-0.39, 0.29) is 12.3 Å². The first-order valence-electron chi connectivity index (χ1n) is 7.80. The number of aromatic amines is 1. The van der Waals surface area contributed by atoms with Crippen LogP contribution in [0.15, 0.2) is 10.5 Å². The summed E-state index contributed by atoms with van der Waals surface area (Å²) in [5, 5.41) is 0. The van der Waals surface area contributed by atoms with Crippen LogP contribution in [0.3, 0.4) is 0 Å². The van der Waals surface area contributed by atoms with Gasteiger partial charge in [-0.05, 0) is 46.2 Å². The van der Waals surface area contributed by atoms with Gasteiger partial charge in [0.2, 0.25) is 0 Å². The smallest absolute Gasteiger partial charge is 0.340 e. The molecule has 2 amide bonds. The Balaban J connectivity index is 2.11. The highest BCUT2D eigenvalue weighted by Crippen LogP contribution is 2.19. The number of H-pyrrole nitrogens is 1. The van der Waals surface area contributed by atoms with Crippen LogP contribution < -0.4 is 10.9 Å². The van der Waals surface area contributed by atoms with Crippen molar-refractivity contribution in [3.8, 4) is 0 Å². The Morgan fingerprint density at radius 1 is 1.12 bits per heavy atom. The van der Waals surface area contributed by atoms with Crippen LogP contribution in [0.5, 0.6) is 0 Å². The van der Waals surface area contributed by atoms with E-state index < -0.39 is 17.8 Å². The van der Waals surface area contributed by atoms with Crippen LogP contribution in [-0.4, -0.2) is 29.4 Å². The van der Waals surface area contributed by atoms with Crippen molar-refractivity contribution in [3.63, 3.8) is 0 Å². The molecule has 0 bridgehead atoms. The zero-order valence-corrected chi connectivity index (χ0v) is 14.8. The van der Waals surface area contributed by atoms with Gasteiger partial charge < -0.3 is 14.1 Å². The van der Waals surface area contributed by atoms with E-state index in [4.69, 9.17) is 9.15 Å². The molecule has 8 heteroatoms.